The van der Waals surface area contributed by atoms with Gasteiger partial charge in [-0.2, -0.15) is 0 Å². The van der Waals surface area contributed by atoms with Gasteiger partial charge in [0.15, 0.2) is 5.82 Å². The smallest absolute Gasteiger partial charge is 0.163 e. The van der Waals surface area contributed by atoms with Crippen molar-refractivity contribution < 1.29 is 0 Å². The second kappa shape index (κ2) is 6.33. The second-order valence-electron chi connectivity index (χ2n) is 4.47. The van der Waals surface area contributed by atoms with Crippen molar-refractivity contribution in [3.8, 4) is 11.4 Å². The fourth-order valence-electron chi connectivity index (χ4n) is 1.93. The number of rotatable bonds is 4. The standard InChI is InChI=1S/C16H13ClN4/c17-14-10-15(19-11-12-4-2-1-3-5-12)21-16(20-14)13-6-8-18-9-7-13/h1-10H,11H2,(H,19,20,21). The summed E-state index contributed by atoms with van der Waals surface area (Å²) in [6.45, 7) is 0.684. The van der Waals surface area contributed by atoms with Crippen LogP contribution >= 0.6 is 11.6 Å². The van der Waals surface area contributed by atoms with Crippen LogP contribution in [0.2, 0.25) is 5.15 Å². The van der Waals surface area contributed by atoms with Crippen LogP contribution in [-0.4, -0.2) is 15.0 Å². The molecule has 0 aliphatic carbocycles. The Morgan fingerprint density at radius 3 is 2.48 bits per heavy atom. The molecule has 104 valence electrons. The maximum absolute atomic E-state index is 6.07. The van der Waals surface area contributed by atoms with E-state index < -0.39 is 0 Å². The molecule has 0 fully saturated rings. The van der Waals surface area contributed by atoms with Gasteiger partial charge in [-0.05, 0) is 17.7 Å². The lowest BCUT2D eigenvalue weighted by Gasteiger charge is -2.08. The molecule has 1 aromatic carbocycles. The molecule has 4 nitrogen and oxygen atoms in total. The highest BCUT2D eigenvalue weighted by Gasteiger charge is 2.05. The molecule has 0 amide bonds. The molecule has 0 radical (unpaired) electrons. The second-order valence-corrected chi connectivity index (χ2v) is 4.86. The summed E-state index contributed by atoms with van der Waals surface area (Å²) in [4.78, 5) is 12.7. The third-order valence-electron chi connectivity index (χ3n) is 2.95. The Balaban J connectivity index is 1.82. The molecule has 0 aliphatic heterocycles. The van der Waals surface area contributed by atoms with E-state index in [4.69, 9.17) is 11.6 Å². The van der Waals surface area contributed by atoms with Crippen molar-refractivity contribution >= 4 is 17.4 Å². The van der Waals surface area contributed by atoms with Gasteiger partial charge in [0.05, 0.1) is 0 Å². The maximum Gasteiger partial charge on any atom is 0.163 e. The first kappa shape index (κ1) is 13.5. The van der Waals surface area contributed by atoms with Crippen molar-refractivity contribution in [1.82, 2.24) is 15.0 Å². The van der Waals surface area contributed by atoms with Crippen LogP contribution in [0.25, 0.3) is 11.4 Å². The lowest BCUT2D eigenvalue weighted by atomic mass is 10.2. The molecule has 0 saturated heterocycles. The predicted molar refractivity (Wildman–Crippen MR) is 84.0 cm³/mol. The summed E-state index contributed by atoms with van der Waals surface area (Å²) < 4.78 is 0. The Hall–Kier alpha value is -2.46. The molecule has 2 heterocycles. The molecular weight excluding hydrogens is 284 g/mol. The van der Waals surface area contributed by atoms with Gasteiger partial charge in [-0.25, -0.2) is 9.97 Å². The number of pyridine rings is 1. The molecule has 3 rings (SSSR count). The molecule has 3 aromatic rings. The number of nitrogens with zero attached hydrogens (tertiary/aromatic N) is 3. The topological polar surface area (TPSA) is 50.7 Å². The van der Waals surface area contributed by atoms with E-state index in [2.05, 4.69) is 32.4 Å². The molecule has 0 bridgehead atoms. The molecule has 2 aromatic heterocycles. The molecule has 0 aliphatic rings. The van der Waals surface area contributed by atoms with Gasteiger partial charge >= 0.3 is 0 Å². The number of aromatic nitrogens is 3. The van der Waals surface area contributed by atoms with Crippen molar-refractivity contribution in [2.45, 2.75) is 6.54 Å². The number of halogens is 1. The Morgan fingerprint density at radius 2 is 1.71 bits per heavy atom. The molecule has 0 atom stereocenters. The number of hydrogen-bond acceptors (Lipinski definition) is 4. The third kappa shape index (κ3) is 3.55. The van der Waals surface area contributed by atoms with Gasteiger partial charge in [-0.3, -0.25) is 4.98 Å². The van der Waals surface area contributed by atoms with Crippen molar-refractivity contribution in [3.63, 3.8) is 0 Å². The Kier molecular flexibility index (Phi) is 4.07. The fraction of sp³-hybridized carbons (Fsp3) is 0.0625. The van der Waals surface area contributed by atoms with Crippen molar-refractivity contribution in [2.75, 3.05) is 5.32 Å². The normalized spacial score (nSPS) is 10.3. The summed E-state index contributed by atoms with van der Waals surface area (Å²) >= 11 is 6.07. The first-order valence-corrected chi connectivity index (χ1v) is 6.92. The quantitative estimate of drug-likeness (QED) is 0.744. The molecule has 0 saturated carbocycles. The predicted octanol–water partition coefficient (Wildman–Crippen LogP) is 3.80. The van der Waals surface area contributed by atoms with Gasteiger partial charge in [-0.15, -0.1) is 0 Å². The van der Waals surface area contributed by atoms with E-state index >= 15 is 0 Å². The average Bonchev–Trinajstić information content (AvgIpc) is 2.54. The highest BCUT2D eigenvalue weighted by atomic mass is 35.5. The van der Waals surface area contributed by atoms with Crippen molar-refractivity contribution in [2.24, 2.45) is 0 Å². The largest absolute Gasteiger partial charge is 0.366 e. The van der Waals surface area contributed by atoms with Crippen LogP contribution in [0.1, 0.15) is 5.56 Å². The van der Waals surface area contributed by atoms with Gasteiger partial charge in [0, 0.05) is 30.6 Å². The van der Waals surface area contributed by atoms with Gasteiger partial charge < -0.3 is 5.32 Å². The summed E-state index contributed by atoms with van der Waals surface area (Å²) in [5.41, 5.74) is 2.06. The lowest BCUT2D eigenvalue weighted by Crippen LogP contribution is -2.03. The molecular formula is C16H13ClN4. The van der Waals surface area contributed by atoms with Gasteiger partial charge in [0.2, 0.25) is 0 Å². The van der Waals surface area contributed by atoms with E-state index in [-0.39, 0.29) is 0 Å². The number of nitrogens with one attached hydrogen (secondary N) is 1. The molecule has 21 heavy (non-hydrogen) atoms. The van der Waals surface area contributed by atoms with Crippen LogP contribution in [0.15, 0.2) is 60.9 Å². The molecule has 1 N–H and O–H groups in total. The Morgan fingerprint density at radius 1 is 0.952 bits per heavy atom. The molecule has 5 heteroatoms. The van der Waals surface area contributed by atoms with Crippen LogP contribution in [-0.2, 0) is 6.54 Å². The van der Waals surface area contributed by atoms with Gasteiger partial charge in [0.1, 0.15) is 11.0 Å². The van der Waals surface area contributed by atoms with Gasteiger partial charge in [-0.1, -0.05) is 41.9 Å². The first-order valence-electron chi connectivity index (χ1n) is 6.54. The minimum Gasteiger partial charge on any atom is -0.366 e. The first-order chi connectivity index (χ1) is 10.3. The van der Waals surface area contributed by atoms with Crippen LogP contribution in [0.4, 0.5) is 5.82 Å². The van der Waals surface area contributed by atoms with Crippen molar-refractivity contribution in [3.05, 3.63) is 71.6 Å². The Bertz CT molecular complexity index is 717. The van der Waals surface area contributed by atoms with Crippen LogP contribution in [0.3, 0.4) is 0 Å². The number of benzene rings is 1. The zero-order chi connectivity index (χ0) is 14.5. The number of anilines is 1. The SMILES string of the molecule is Clc1cc(NCc2ccccc2)nc(-c2ccncc2)n1. The van der Waals surface area contributed by atoms with E-state index in [1.165, 1.54) is 5.56 Å². The highest BCUT2D eigenvalue weighted by molar-refractivity contribution is 6.29. The maximum atomic E-state index is 6.07. The summed E-state index contributed by atoms with van der Waals surface area (Å²) in [5.74, 6) is 1.28. The molecule has 0 unspecified atom stereocenters. The summed E-state index contributed by atoms with van der Waals surface area (Å²) in [7, 11) is 0. The fourth-order valence-corrected chi connectivity index (χ4v) is 2.11. The van der Waals surface area contributed by atoms with E-state index in [9.17, 15) is 0 Å². The third-order valence-corrected chi connectivity index (χ3v) is 3.14. The highest BCUT2D eigenvalue weighted by Crippen LogP contribution is 2.20. The van der Waals surface area contributed by atoms with E-state index in [1.54, 1.807) is 18.5 Å². The van der Waals surface area contributed by atoms with Gasteiger partial charge in [0.25, 0.3) is 0 Å². The summed E-state index contributed by atoms with van der Waals surface area (Å²) in [6, 6.07) is 15.5. The van der Waals surface area contributed by atoms with E-state index in [0.29, 0.717) is 23.3 Å². The average molecular weight is 297 g/mol. The van der Waals surface area contributed by atoms with E-state index in [1.807, 2.05) is 30.3 Å². The van der Waals surface area contributed by atoms with E-state index in [0.717, 1.165) is 5.56 Å². The van der Waals surface area contributed by atoms with Crippen LogP contribution in [0, 0.1) is 0 Å². The summed E-state index contributed by atoms with van der Waals surface area (Å²) in [5, 5.41) is 3.67. The zero-order valence-electron chi connectivity index (χ0n) is 11.2. The molecule has 0 spiro atoms. The zero-order valence-corrected chi connectivity index (χ0v) is 12.0. The monoisotopic (exact) mass is 296 g/mol. The van der Waals surface area contributed by atoms with Crippen LogP contribution in [0.5, 0.6) is 0 Å². The Labute approximate surface area is 127 Å². The minimum absolute atomic E-state index is 0.410. The number of hydrogen-bond donors (Lipinski definition) is 1. The van der Waals surface area contributed by atoms with Crippen LogP contribution < -0.4 is 5.32 Å². The summed E-state index contributed by atoms with van der Waals surface area (Å²) in [6.07, 6.45) is 3.41. The minimum atomic E-state index is 0.410. The lowest BCUT2D eigenvalue weighted by molar-refractivity contribution is 1.08. The van der Waals surface area contributed by atoms with Crippen molar-refractivity contribution in [1.29, 1.82) is 0 Å².